The van der Waals surface area contributed by atoms with Gasteiger partial charge in [-0.2, -0.15) is 0 Å². The maximum absolute atomic E-state index is 13.2. The first-order valence-electron chi connectivity index (χ1n) is 12.1. The Morgan fingerprint density at radius 3 is 1.94 bits per heavy atom. The van der Waals surface area contributed by atoms with Crippen molar-refractivity contribution in [2.45, 2.75) is 65.5 Å². The van der Waals surface area contributed by atoms with Crippen molar-refractivity contribution >= 4 is 23.8 Å². The summed E-state index contributed by atoms with van der Waals surface area (Å²) in [6.07, 6.45) is 0.135. The molecule has 0 aliphatic carbocycles. The summed E-state index contributed by atoms with van der Waals surface area (Å²) in [5.74, 6) is -0.960. The number of amides is 4. The summed E-state index contributed by atoms with van der Waals surface area (Å²) < 4.78 is 5.55. The number of carbonyl (C=O) groups excluding carboxylic acids is 4. The fourth-order valence-electron chi connectivity index (χ4n) is 4.56. The van der Waals surface area contributed by atoms with Crippen LogP contribution < -0.4 is 10.6 Å². The molecule has 8 nitrogen and oxygen atoms in total. The predicted octanol–water partition coefficient (Wildman–Crippen LogP) is 4.18. The molecule has 1 aliphatic rings. The Morgan fingerprint density at radius 1 is 0.972 bits per heavy atom. The third kappa shape index (κ3) is 5.58. The highest BCUT2D eigenvalue weighted by Gasteiger charge is 2.43. The molecule has 192 valence electrons. The molecule has 0 aromatic heterocycles. The molecule has 0 bridgehead atoms. The van der Waals surface area contributed by atoms with Crippen LogP contribution in [-0.2, 0) is 11.2 Å². The molecular formula is C28H35N3O5. The van der Waals surface area contributed by atoms with Crippen LogP contribution in [0.1, 0.15) is 81.9 Å². The van der Waals surface area contributed by atoms with Crippen LogP contribution >= 0.6 is 0 Å². The Labute approximate surface area is 212 Å². The molecule has 8 heteroatoms. The van der Waals surface area contributed by atoms with E-state index in [1.165, 1.54) is 4.90 Å². The Bertz CT molecular complexity index is 1160. The van der Waals surface area contributed by atoms with Gasteiger partial charge in [0.05, 0.1) is 23.2 Å². The van der Waals surface area contributed by atoms with Crippen LogP contribution in [0, 0.1) is 13.8 Å². The van der Waals surface area contributed by atoms with Crippen LogP contribution in [0.25, 0.3) is 0 Å². The van der Waals surface area contributed by atoms with E-state index in [1.54, 1.807) is 64.2 Å². The molecule has 1 heterocycles. The topological polar surface area (TPSA) is 105 Å². The van der Waals surface area contributed by atoms with Crippen LogP contribution in [0.2, 0.25) is 0 Å². The maximum Gasteiger partial charge on any atom is 0.408 e. The van der Waals surface area contributed by atoms with Crippen molar-refractivity contribution in [3.63, 3.8) is 0 Å². The molecule has 4 amide bonds. The predicted molar refractivity (Wildman–Crippen MR) is 137 cm³/mol. The van der Waals surface area contributed by atoms with Gasteiger partial charge in [0.25, 0.3) is 17.7 Å². The average molecular weight is 494 g/mol. The number of nitrogens with one attached hydrogen (secondary N) is 2. The van der Waals surface area contributed by atoms with Gasteiger partial charge in [-0.3, -0.25) is 19.3 Å². The van der Waals surface area contributed by atoms with E-state index in [2.05, 4.69) is 10.6 Å². The molecular weight excluding hydrogens is 458 g/mol. The minimum atomic E-state index is -1.00. The lowest BCUT2D eigenvalue weighted by Crippen LogP contribution is -2.58. The van der Waals surface area contributed by atoms with E-state index in [0.717, 1.165) is 16.7 Å². The molecule has 1 aliphatic heterocycles. The van der Waals surface area contributed by atoms with Gasteiger partial charge >= 0.3 is 6.09 Å². The van der Waals surface area contributed by atoms with Crippen molar-refractivity contribution in [3.05, 3.63) is 69.8 Å². The van der Waals surface area contributed by atoms with E-state index in [1.807, 2.05) is 20.8 Å². The first-order valence-corrected chi connectivity index (χ1v) is 12.1. The first kappa shape index (κ1) is 26.9. The third-order valence-electron chi connectivity index (χ3n) is 6.48. The molecule has 0 saturated heterocycles. The van der Waals surface area contributed by atoms with Crippen molar-refractivity contribution in [3.8, 4) is 0 Å². The summed E-state index contributed by atoms with van der Waals surface area (Å²) in [6.45, 7) is 11.0. The largest absolute Gasteiger partial charge is 0.444 e. The zero-order valence-electron chi connectivity index (χ0n) is 22.1. The third-order valence-corrected chi connectivity index (χ3v) is 6.48. The maximum atomic E-state index is 13.2. The molecule has 0 spiro atoms. The van der Waals surface area contributed by atoms with Crippen LogP contribution in [0.5, 0.6) is 0 Å². The van der Waals surface area contributed by atoms with Crippen molar-refractivity contribution in [2.75, 3.05) is 13.6 Å². The number of hydrogen-bond acceptors (Lipinski definition) is 5. The summed E-state index contributed by atoms with van der Waals surface area (Å²) in [5.41, 5.74) is 2.20. The number of aryl methyl sites for hydroxylation is 2. The van der Waals surface area contributed by atoms with E-state index in [4.69, 9.17) is 4.74 Å². The number of imide groups is 1. The number of carbonyl (C=O) groups is 4. The number of ether oxygens (including phenoxy) is 1. The van der Waals surface area contributed by atoms with Gasteiger partial charge in [0.1, 0.15) is 5.60 Å². The zero-order chi connectivity index (χ0) is 26.8. The zero-order valence-corrected chi connectivity index (χ0v) is 22.1. The molecule has 0 radical (unpaired) electrons. The van der Waals surface area contributed by atoms with E-state index >= 15 is 0 Å². The van der Waals surface area contributed by atoms with Gasteiger partial charge in [-0.1, -0.05) is 19.1 Å². The van der Waals surface area contributed by atoms with Crippen molar-refractivity contribution in [2.24, 2.45) is 0 Å². The van der Waals surface area contributed by atoms with Gasteiger partial charge in [-0.25, -0.2) is 4.79 Å². The van der Waals surface area contributed by atoms with Gasteiger partial charge in [-0.15, -0.1) is 0 Å². The van der Waals surface area contributed by atoms with Crippen LogP contribution in [0.15, 0.2) is 36.4 Å². The van der Waals surface area contributed by atoms with Crippen molar-refractivity contribution < 1.29 is 23.9 Å². The number of fused-ring (bicyclic) bond motifs is 1. The van der Waals surface area contributed by atoms with Crippen molar-refractivity contribution in [1.82, 2.24) is 15.5 Å². The highest BCUT2D eigenvalue weighted by Crippen LogP contribution is 2.30. The molecule has 2 aromatic carbocycles. The van der Waals surface area contributed by atoms with E-state index < -0.39 is 17.2 Å². The second kappa shape index (κ2) is 10.1. The number of benzene rings is 2. The molecule has 2 N–H and O–H groups in total. The van der Waals surface area contributed by atoms with Gasteiger partial charge in [0, 0.05) is 12.6 Å². The van der Waals surface area contributed by atoms with Gasteiger partial charge in [0.2, 0.25) is 0 Å². The lowest BCUT2D eigenvalue weighted by molar-refractivity contribution is 0.0385. The second-order valence-electron chi connectivity index (χ2n) is 10.3. The molecule has 0 fully saturated rings. The quantitative estimate of drug-likeness (QED) is 0.563. The van der Waals surface area contributed by atoms with E-state index in [9.17, 15) is 19.2 Å². The summed E-state index contributed by atoms with van der Waals surface area (Å²) in [4.78, 5) is 52.7. The lowest BCUT2D eigenvalue weighted by Gasteiger charge is -2.38. The first-order chi connectivity index (χ1) is 16.8. The minimum Gasteiger partial charge on any atom is -0.444 e. The van der Waals surface area contributed by atoms with E-state index in [-0.39, 0.29) is 24.3 Å². The van der Waals surface area contributed by atoms with Crippen LogP contribution in [0.4, 0.5) is 4.79 Å². The number of alkyl carbamates (subject to hydrolysis) is 1. The lowest BCUT2D eigenvalue weighted by atomic mass is 9.83. The van der Waals surface area contributed by atoms with Crippen molar-refractivity contribution in [1.29, 1.82) is 0 Å². The number of hydrogen-bond donors (Lipinski definition) is 2. The summed E-state index contributed by atoms with van der Waals surface area (Å²) in [5, 5.41) is 5.63. The Kier molecular flexibility index (Phi) is 7.57. The fraction of sp³-hybridized carbons (Fsp3) is 0.429. The molecule has 1 atom stereocenters. The normalized spacial score (nSPS) is 14.8. The van der Waals surface area contributed by atoms with Crippen LogP contribution in [-0.4, -0.2) is 53.4 Å². The monoisotopic (exact) mass is 493 g/mol. The Balaban J connectivity index is 2.02. The van der Waals surface area contributed by atoms with Crippen LogP contribution in [0.3, 0.4) is 0 Å². The Hall–Kier alpha value is -3.68. The summed E-state index contributed by atoms with van der Waals surface area (Å²) in [7, 11) is 1.58. The SMILES string of the molecule is CCC(Cc1c(C)cc(C(=O)NC)cc1C)(CN1C(=O)c2ccccc2C1=O)NC(=O)OC(C)(C)C. The second-order valence-corrected chi connectivity index (χ2v) is 10.3. The van der Waals surface area contributed by atoms with Gasteiger partial charge in [0.15, 0.2) is 0 Å². The highest BCUT2D eigenvalue weighted by molar-refractivity contribution is 6.21. The summed E-state index contributed by atoms with van der Waals surface area (Å²) in [6, 6.07) is 10.3. The molecule has 36 heavy (non-hydrogen) atoms. The smallest absolute Gasteiger partial charge is 0.408 e. The highest BCUT2D eigenvalue weighted by atomic mass is 16.6. The fourth-order valence-corrected chi connectivity index (χ4v) is 4.56. The van der Waals surface area contributed by atoms with E-state index in [0.29, 0.717) is 29.5 Å². The summed E-state index contributed by atoms with van der Waals surface area (Å²) >= 11 is 0. The molecule has 3 rings (SSSR count). The van der Waals surface area contributed by atoms with Gasteiger partial charge < -0.3 is 15.4 Å². The number of rotatable bonds is 7. The molecule has 2 aromatic rings. The standard InChI is InChI=1S/C28H35N3O5/c1-8-28(30-26(35)36-27(4,5)6,15-22-17(2)13-19(14-18(22)3)23(32)29-7)16-31-24(33)20-11-9-10-12-21(20)25(31)34/h9-14H,8,15-16H2,1-7H3,(H,29,32)(H,30,35). The molecule has 1 unspecified atom stereocenters. The van der Waals surface area contributed by atoms with Gasteiger partial charge in [-0.05, 0) is 88.4 Å². The minimum absolute atomic E-state index is 0.0227. The Morgan fingerprint density at radius 2 is 1.50 bits per heavy atom. The average Bonchev–Trinajstić information content (AvgIpc) is 3.04. The molecule has 0 saturated carbocycles. The number of nitrogens with zero attached hydrogens (tertiary/aromatic N) is 1.